The van der Waals surface area contributed by atoms with Gasteiger partial charge in [0.1, 0.15) is 11.5 Å². The molecule has 0 aliphatic carbocycles. The fourth-order valence-corrected chi connectivity index (χ4v) is 3.35. The highest BCUT2D eigenvalue weighted by molar-refractivity contribution is 7.88. The molecule has 0 saturated carbocycles. The van der Waals surface area contributed by atoms with Gasteiger partial charge in [-0.2, -0.15) is 21.6 Å². The van der Waals surface area contributed by atoms with Crippen LogP contribution in [0.15, 0.2) is 36.4 Å². The number of methoxy groups -OCH3 is 2. The molecule has 156 valence electrons. The van der Waals surface area contributed by atoms with Gasteiger partial charge in [0, 0.05) is 29.4 Å². The van der Waals surface area contributed by atoms with Crippen LogP contribution in [-0.2, 0) is 16.7 Å². The molecule has 2 aromatic carbocycles. The topological polar surface area (TPSA) is 82.1 Å². The second-order valence-electron chi connectivity index (χ2n) is 6.11. The molecule has 1 aliphatic rings. The number of Topliss-reactive ketones (excluding diaryl/α,β-unsaturated/α-hetero) is 1. The average molecular weight is 431 g/mol. The summed E-state index contributed by atoms with van der Waals surface area (Å²) in [6, 6.07) is 9.02. The third-order valence-corrected chi connectivity index (χ3v) is 5.29. The first kappa shape index (κ1) is 20.8. The number of ketones is 1. The van der Waals surface area contributed by atoms with Gasteiger partial charge in [-0.3, -0.25) is 4.79 Å². The maximum atomic E-state index is 12.8. The fraction of sp³-hybridized carbons (Fsp3) is 0.278. The molecule has 0 fully saturated rings. The van der Waals surface area contributed by atoms with Gasteiger partial charge in [-0.05, 0) is 30.3 Å². The number of hydrogen-bond acceptors (Lipinski definition) is 7. The standard InChI is InChI=1S/C18H16F3NO6S/c1-26-12-5-3-11(4-6-12)22-9-15-14(16(23)10-22)7-13(27-2)8-17(15)28-29(24,25)18(19,20)21/h3-8H,9-10H2,1-2H3. The summed E-state index contributed by atoms with van der Waals surface area (Å²) in [4.78, 5) is 14.2. The van der Waals surface area contributed by atoms with Crippen LogP contribution in [0.4, 0.5) is 18.9 Å². The van der Waals surface area contributed by atoms with Gasteiger partial charge in [0.2, 0.25) is 0 Å². The molecule has 0 bridgehead atoms. The Kier molecular flexibility index (Phi) is 5.35. The predicted molar refractivity (Wildman–Crippen MR) is 97.0 cm³/mol. The molecule has 0 spiro atoms. The van der Waals surface area contributed by atoms with Crippen molar-refractivity contribution in [2.75, 3.05) is 25.7 Å². The third kappa shape index (κ3) is 4.09. The van der Waals surface area contributed by atoms with Crippen molar-refractivity contribution in [3.63, 3.8) is 0 Å². The van der Waals surface area contributed by atoms with Crippen LogP contribution in [0.5, 0.6) is 17.2 Å². The van der Waals surface area contributed by atoms with E-state index in [-0.39, 0.29) is 30.0 Å². The molecule has 0 unspecified atom stereocenters. The average Bonchev–Trinajstić information content (AvgIpc) is 2.67. The maximum absolute atomic E-state index is 12.8. The minimum absolute atomic E-state index is 0.00220. The number of rotatable bonds is 5. The zero-order valence-corrected chi connectivity index (χ0v) is 16.1. The van der Waals surface area contributed by atoms with Crippen molar-refractivity contribution in [1.29, 1.82) is 0 Å². The molecule has 0 radical (unpaired) electrons. The van der Waals surface area contributed by atoms with E-state index in [1.54, 1.807) is 29.2 Å². The maximum Gasteiger partial charge on any atom is 0.534 e. The zero-order valence-electron chi connectivity index (χ0n) is 15.3. The normalized spacial score (nSPS) is 14.4. The Morgan fingerprint density at radius 2 is 1.59 bits per heavy atom. The quantitative estimate of drug-likeness (QED) is 0.531. The Morgan fingerprint density at radius 3 is 2.14 bits per heavy atom. The summed E-state index contributed by atoms with van der Waals surface area (Å²) in [5.74, 6) is -0.441. The molecule has 7 nitrogen and oxygen atoms in total. The smallest absolute Gasteiger partial charge is 0.497 e. The first-order chi connectivity index (χ1) is 13.6. The van der Waals surface area contributed by atoms with Crippen LogP contribution in [0.3, 0.4) is 0 Å². The van der Waals surface area contributed by atoms with Gasteiger partial charge in [-0.1, -0.05) is 0 Å². The van der Waals surface area contributed by atoms with E-state index in [0.29, 0.717) is 11.4 Å². The van der Waals surface area contributed by atoms with Gasteiger partial charge in [-0.15, -0.1) is 0 Å². The van der Waals surface area contributed by atoms with Crippen molar-refractivity contribution < 1.29 is 40.0 Å². The molecule has 0 amide bonds. The van der Waals surface area contributed by atoms with Crippen molar-refractivity contribution in [3.8, 4) is 17.2 Å². The molecule has 0 N–H and O–H groups in total. The summed E-state index contributed by atoms with van der Waals surface area (Å²) >= 11 is 0. The molecule has 2 aromatic rings. The first-order valence-corrected chi connectivity index (χ1v) is 9.60. The Hall–Kier alpha value is -2.95. The molecule has 29 heavy (non-hydrogen) atoms. The second-order valence-corrected chi connectivity index (χ2v) is 7.65. The lowest BCUT2D eigenvalue weighted by atomic mass is 9.96. The molecular weight excluding hydrogens is 415 g/mol. The molecule has 0 saturated heterocycles. The predicted octanol–water partition coefficient (Wildman–Crippen LogP) is 3.14. The molecule has 3 rings (SSSR count). The van der Waals surface area contributed by atoms with Crippen LogP contribution in [0, 0.1) is 0 Å². The molecule has 1 aliphatic heterocycles. The summed E-state index contributed by atoms with van der Waals surface area (Å²) in [6.07, 6.45) is 0. The number of ether oxygens (including phenoxy) is 2. The summed E-state index contributed by atoms with van der Waals surface area (Å²) < 4.78 is 75.8. The number of benzene rings is 2. The molecule has 0 aromatic heterocycles. The number of carbonyl (C=O) groups excluding carboxylic acids is 1. The van der Waals surface area contributed by atoms with Crippen LogP contribution in [0.1, 0.15) is 15.9 Å². The summed E-state index contributed by atoms with van der Waals surface area (Å²) in [7, 11) is -3.19. The minimum Gasteiger partial charge on any atom is -0.497 e. The van der Waals surface area contributed by atoms with Gasteiger partial charge in [0.15, 0.2) is 11.5 Å². The van der Waals surface area contributed by atoms with Gasteiger partial charge in [-0.25, -0.2) is 0 Å². The van der Waals surface area contributed by atoms with E-state index in [2.05, 4.69) is 4.18 Å². The van der Waals surface area contributed by atoms with Crippen molar-refractivity contribution in [1.82, 2.24) is 0 Å². The van der Waals surface area contributed by atoms with Gasteiger partial charge in [0.25, 0.3) is 0 Å². The van der Waals surface area contributed by atoms with Crippen molar-refractivity contribution in [2.24, 2.45) is 0 Å². The Bertz CT molecular complexity index is 1030. The molecule has 11 heteroatoms. The van der Waals surface area contributed by atoms with E-state index in [4.69, 9.17) is 9.47 Å². The number of alkyl halides is 3. The number of anilines is 1. The Labute approximate surface area is 164 Å². The largest absolute Gasteiger partial charge is 0.534 e. The summed E-state index contributed by atoms with van der Waals surface area (Å²) in [6.45, 7) is -0.0991. The zero-order chi connectivity index (χ0) is 21.4. The molecule has 1 heterocycles. The minimum atomic E-state index is -5.92. The van der Waals surface area contributed by atoms with Crippen LogP contribution in [0.25, 0.3) is 0 Å². The van der Waals surface area contributed by atoms with Crippen LogP contribution >= 0.6 is 0 Å². The highest BCUT2D eigenvalue weighted by atomic mass is 32.2. The van der Waals surface area contributed by atoms with Gasteiger partial charge >= 0.3 is 15.6 Å². The second kappa shape index (κ2) is 7.47. The molecule has 0 atom stereocenters. The lowest BCUT2D eigenvalue weighted by Crippen LogP contribution is -2.36. The van der Waals surface area contributed by atoms with Crippen molar-refractivity contribution in [2.45, 2.75) is 12.1 Å². The van der Waals surface area contributed by atoms with E-state index < -0.39 is 27.2 Å². The SMILES string of the molecule is COc1ccc(N2CC(=O)c3cc(OC)cc(OS(=O)(=O)C(F)(F)F)c3C2)cc1. The van der Waals surface area contributed by atoms with Crippen molar-refractivity contribution in [3.05, 3.63) is 47.5 Å². The van der Waals surface area contributed by atoms with E-state index in [9.17, 15) is 26.4 Å². The Balaban J connectivity index is 2.04. The van der Waals surface area contributed by atoms with E-state index in [1.165, 1.54) is 20.3 Å². The number of nitrogens with zero attached hydrogens (tertiary/aromatic N) is 1. The number of hydrogen-bond donors (Lipinski definition) is 0. The summed E-state index contributed by atoms with van der Waals surface area (Å²) in [5.41, 5.74) is -4.95. The van der Waals surface area contributed by atoms with E-state index in [1.807, 2.05) is 0 Å². The third-order valence-electron chi connectivity index (χ3n) is 4.32. The number of halogens is 3. The van der Waals surface area contributed by atoms with Crippen LogP contribution < -0.4 is 18.6 Å². The fourth-order valence-electron chi connectivity index (χ4n) is 2.87. The highest BCUT2D eigenvalue weighted by Gasteiger charge is 2.49. The first-order valence-electron chi connectivity index (χ1n) is 8.19. The van der Waals surface area contributed by atoms with E-state index >= 15 is 0 Å². The number of carbonyl (C=O) groups is 1. The monoisotopic (exact) mass is 431 g/mol. The highest BCUT2D eigenvalue weighted by Crippen LogP contribution is 2.37. The van der Waals surface area contributed by atoms with E-state index in [0.717, 1.165) is 6.07 Å². The lowest BCUT2D eigenvalue weighted by molar-refractivity contribution is -0.0500. The van der Waals surface area contributed by atoms with Crippen LogP contribution in [-0.4, -0.2) is 40.5 Å². The summed E-state index contributed by atoms with van der Waals surface area (Å²) in [5, 5.41) is 0. The van der Waals surface area contributed by atoms with Gasteiger partial charge in [0.05, 0.1) is 20.8 Å². The molecular formula is C18H16F3NO6S. The Morgan fingerprint density at radius 1 is 0.966 bits per heavy atom. The lowest BCUT2D eigenvalue weighted by Gasteiger charge is -2.31. The van der Waals surface area contributed by atoms with Gasteiger partial charge < -0.3 is 18.6 Å². The van der Waals surface area contributed by atoms with Crippen LogP contribution in [0.2, 0.25) is 0 Å². The number of fused-ring (bicyclic) bond motifs is 1. The van der Waals surface area contributed by atoms with Crippen molar-refractivity contribution >= 4 is 21.6 Å².